The number of nitrogens with zero attached hydrogens (tertiary/aromatic N) is 2. The van der Waals surface area contributed by atoms with Crippen molar-refractivity contribution in [2.45, 2.75) is 56.6 Å². The first-order chi connectivity index (χ1) is 17.7. The van der Waals surface area contributed by atoms with Crippen LogP contribution >= 0.6 is 0 Å². The molecule has 3 aromatic rings. The fourth-order valence-corrected chi connectivity index (χ4v) is 6.95. The molecule has 2 aromatic carbocycles. The third-order valence-corrected chi connectivity index (χ3v) is 8.97. The molecule has 0 saturated carbocycles. The first-order valence-electron chi connectivity index (χ1n) is 13.1. The van der Waals surface area contributed by atoms with Gasteiger partial charge in [-0.3, -0.25) is 4.98 Å². The molecule has 0 atom stereocenters. The predicted molar refractivity (Wildman–Crippen MR) is 145 cm³/mol. The van der Waals surface area contributed by atoms with Gasteiger partial charge in [-0.25, -0.2) is 12.8 Å². The second-order valence-corrected chi connectivity index (χ2v) is 13.1. The highest BCUT2D eigenvalue weighted by Gasteiger charge is 2.39. The molecule has 1 aromatic heterocycles. The summed E-state index contributed by atoms with van der Waals surface area (Å²) in [5.74, 6) is 0.924. The molecule has 0 bridgehead atoms. The normalized spacial score (nSPS) is 17.5. The van der Waals surface area contributed by atoms with Gasteiger partial charge >= 0.3 is 0 Å². The third kappa shape index (κ3) is 6.39. The number of ether oxygens (including phenoxy) is 1. The number of aryl methyl sites for hydroxylation is 1. The smallest absolute Gasteiger partial charge is 0.160 e. The van der Waals surface area contributed by atoms with E-state index in [0.717, 1.165) is 74.0 Å². The molecule has 3 heterocycles. The Morgan fingerprint density at radius 1 is 0.973 bits per heavy atom. The number of pyridine rings is 1. The van der Waals surface area contributed by atoms with Crippen molar-refractivity contribution in [3.63, 3.8) is 0 Å². The summed E-state index contributed by atoms with van der Waals surface area (Å²) in [7, 11) is -3.42. The molecule has 5 rings (SSSR count). The van der Waals surface area contributed by atoms with Crippen LogP contribution < -0.4 is 4.74 Å². The van der Waals surface area contributed by atoms with Crippen LogP contribution in [0.5, 0.6) is 5.75 Å². The molecule has 2 aliphatic rings. The van der Waals surface area contributed by atoms with Gasteiger partial charge in [0.25, 0.3) is 0 Å². The minimum absolute atomic E-state index is 0.0292. The lowest BCUT2D eigenvalue weighted by Crippen LogP contribution is -2.50. The van der Waals surface area contributed by atoms with Gasteiger partial charge in [0.15, 0.2) is 9.84 Å². The molecule has 37 heavy (non-hydrogen) atoms. The Kier molecular flexibility index (Phi) is 7.37. The molecular formula is C30H35FN2O3S. The molecule has 0 amide bonds. The van der Waals surface area contributed by atoms with Crippen LogP contribution in [-0.2, 0) is 27.8 Å². The number of benzene rings is 2. The number of rotatable bonds is 7. The van der Waals surface area contributed by atoms with Gasteiger partial charge < -0.3 is 9.64 Å². The third-order valence-electron chi connectivity index (χ3n) is 7.46. The van der Waals surface area contributed by atoms with Gasteiger partial charge in [-0.2, -0.15) is 0 Å². The summed E-state index contributed by atoms with van der Waals surface area (Å²) in [4.78, 5) is 6.43. The van der Waals surface area contributed by atoms with Crippen molar-refractivity contribution in [3.05, 3.63) is 83.4 Å². The zero-order chi connectivity index (χ0) is 26.0. The highest BCUT2D eigenvalue weighted by atomic mass is 32.2. The maximum Gasteiger partial charge on any atom is 0.160 e. The number of likely N-dealkylation sites (tertiary alicyclic amines) is 1. The fourth-order valence-electron chi connectivity index (χ4n) is 5.53. The van der Waals surface area contributed by atoms with Crippen molar-refractivity contribution in [1.29, 1.82) is 0 Å². The van der Waals surface area contributed by atoms with E-state index < -0.39 is 15.7 Å². The van der Waals surface area contributed by atoms with Crippen LogP contribution in [0.3, 0.4) is 0 Å². The summed E-state index contributed by atoms with van der Waals surface area (Å²) in [5.41, 5.74) is 4.43. The van der Waals surface area contributed by atoms with E-state index in [9.17, 15) is 12.8 Å². The molecule has 1 spiro atoms. The molecule has 196 valence electrons. The van der Waals surface area contributed by atoms with Crippen LogP contribution in [0.4, 0.5) is 4.39 Å². The van der Waals surface area contributed by atoms with E-state index in [-0.39, 0.29) is 17.1 Å². The number of aromatic nitrogens is 1. The van der Waals surface area contributed by atoms with Gasteiger partial charge in [0, 0.05) is 19.6 Å². The lowest BCUT2D eigenvalue weighted by atomic mass is 9.82. The zero-order valence-corrected chi connectivity index (χ0v) is 22.4. The van der Waals surface area contributed by atoms with Gasteiger partial charge in [0.1, 0.15) is 17.2 Å². The van der Waals surface area contributed by atoms with Crippen molar-refractivity contribution < 1.29 is 17.5 Å². The van der Waals surface area contributed by atoms with Crippen LogP contribution in [-0.4, -0.2) is 43.5 Å². The van der Waals surface area contributed by atoms with E-state index >= 15 is 0 Å². The van der Waals surface area contributed by atoms with Gasteiger partial charge in [-0.1, -0.05) is 44.2 Å². The van der Waals surface area contributed by atoms with E-state index in [4.69, 9.17) is 4.74 Å². The van der Waals surface area contributed by atoms with Crippen LogP contribution in [0.1, 0.15) is 49.9 Å². The van der Waals surface area contributed by atoms with E-state index in [1.165, 1.54) is 17.7 Å². The van der Waals surface area contributed by atoms with Gasteiger partial charge in [0.05, 0.1) is 23.4 Å². The molecule has 0 N–H and O–H groups in total. The van der Waals surface area contributed by atoms with E-state index in [2.05, 4.69) is 41.9 Å². The summed E-state index contributed by atoms with van der Waals surface area (Å²) < 4.78 is 44.9. The molecule has 5 nitrogen and oxygen atoms in total. The molecule has 0 aliphatic carbocycles. The van der Waals surface area contributed by atoms with Crippen LogP contribution in [0.2, 0.25) is 0 Å². The number of hydrogen-bond donors (Lipinski definition) is 0. The SMILES string of the molecule is CC(C)CN1CCC2(CCc3cc(-c4ccc(CS(=O)(=O)Cc5ccc(F)cn5)cc4)ccc3O2)CC1. The standard InChI is InChI=1S/C30H35FN2O3S/c1-22(2)19-33-15-13-30(14-16-33)12-11-26-17-25(7-10-29(26)36-30)24-5-3-23(4-6-24)20-37(34,35)21-28-9-8-27(31)18-32-28/h3-10,17-18,22H,11-16,19-21H2,1-2H3. The van der Waals surface area contributed by atoms with Crippen LogP contribution in [0, 0.1) is 11.7 Å². The topological polar surface area (TPSA) is 59.5 Å². The average Bonchev–Trinajstić information content (AvgIpc) is 2.86. The second kappa shape index (κ2) is 10.5. The number of hydrogen-bond acceptors (Lipinski definition) is 5. The Hall–Kier alpha value is -2.77. The van der Waals surface area contributed by atoms with Gasteiger partial charge in [-0.15, -0.1) is 0 Å². The lowest BCUT2D eigenvalue weighted by molar-refractivity contribution is -0.0166. The fraction of sp³-hybridized carbons (Fsp3) is 0.433. The molecular weight excluding hydrogens is 487 g/mol. The monoisotopic (exact) mass is 522 g/mol. The minimum atomic E-state index is -3.42. The molecule has 1 fully saturated rings. The van der Waals surface area contributed by atoms with E-state index in [1.54, 1.807) is 0 Å². The van der Waals surface area contributed by atoms with Crippen LogP contribution in [0.25, 0.3) is 11.1 Å². The summed E-state index contributed by atoms with van der Waals surface area (Å²) in [6, 6.07) is 16.7. The van der Waals surface area contributed by atoms with E-state index in [1.807, 2.05) is 24.3 Å². The van der Waals surface area contributed by atoms with Crippen molar-refractivity contribution in [2.75, 3.05) is 19.6 Å². The number of sulfone groups is 1. The minimum Gasteiger partial charge on any atom is -0.487 e. The maximum atomic E-state index is 13.0. The Balaban J connectivity index is 1.22. The van der Waals surface area contributed by atoms with Crippen LogP contribution in [0.15, 0.2) is 60.8 Å². The van der Waals surface area contributed by atoms with Crippen molar-refractivity contribution >= 4 is 9.84 Å². The summed E-state index contributed by atoms with van der Waals surface area (Å²) in [5, 5.41) is 0. The largest absolute Gasteiger partial charge is 0.487 e. The molecule has 2 aliphatic heterocycles. The number of piperidine rings is 1. The highest BCUT2D eigenvalue weighted by molar-refractivity contribution is 7.89. The molecule has 0 unspecified atom stereocenters. The second-order valence-electron chi connectivity index (χ2n) is 11.0. The zero-order valence-electron chi connectivity index (χ0n) is 21.6. The number of halogens is 1. The first kappa shape index (κ1) is 25.9. The van der Waals surface area contributed by atoms with Crippen molar-refractivity contribution in [2.24, 2.45) is 5.92 Å². The summed E-state index contributed by atoms with van der Waals surface area (Å²) in [6.07, 6.45) is 5.28. The van der Waals surface area contributed by atoms with Gasteiger partial charge in [0.2, 0.25) is 0 Å². The number of fused-ring (bicyclic) bond motifs is 1. The predicted octanol–water partition coefficient (Wildman–Crippen LogP) is 5.82. The Morgan fingerprint density at radius 2 is 1.70 bits per heavy atom. The molecule has 7 heteroatoms. The quantitative estimate of drug-likeness (QED) is 0.391. The Bertz CT molecular complexity index is 1330. The Morgan fingerprint density at radius 3 is 2.38 bits per heavy atom. The highest BCUT2D eigenvalue weighted by Crippen LogP contribution is 2.41. The summed E-state index contributed by atoms with van der Waals surface area (Å²) >= 11 is 0. The lowest BCUT2D eigenvalue weighted by Gasteiger charge is -2.45. The molecule has 0 radical (unpaired) electrons. The van der Waals surface area contributed by atoms with E-state index in [0.29, 0.717) is 11.6 Å². The van der Waals surface area contributed by atoms with Crippen molar-refractivity contribution in [1.82, 2.24) is 9.88 Å². The molecule has 1 saturated heterocycles. The van der Waals surface area contributed by atoms with Gasteiger partial charge in [-0.05, 0) is 78.1 Å². The first-order valence-corrected chi connectivity index (χ1v) is 15.0. The maximum absolute atomic E-state index is 13.0. The average molecular weight is 523 g/mol. The summed E-state index contributed by atoms with van der Waals surface area (Å²) in [6.45, 7) is 7.92. The van der Waals surface area contributed by atoms with Crippen molar-refractivity contribution in [3.8, 4) is 16.9 Å². The Labute approximate surface area is 219 Å².